The first-order chi connectivity index (χ1) is 8.67. The van der Waals surface area contributed by atoms with Crippen LogP contribution in [0.3, 0.4) is 0 Å². The normalized spacial score (nSPS) is 30.5. The lowest BCUT2D eigenvalue weighted by atomic mass is 9.99. The first-order valence-electron chi connectivity index (χ1n) is 6.44. The molecule has 0 amide bonds. The first-order valence-corrected chi connectivity index (χ1v) is 8.09. The van der Waals surface area contributed by atoms with Crippen LogP contribution in [0.4, 0.5) is 13.2 Å². The lowest BCUT2D eigenvalue weighted by Gasteiger charge is -2.38. The molecule has 0 spiro atoms. The van der Waals surface area contributed by atoms with E-state index in [0.29, 0.717) is 0 Å². The minimum Gasteiger partial charge on any atom is -0.294 e. The van der Waals surface area contributed by atoms with Crippen molar-refractivity contribution in [2.24, 2.45) is 5.92 Å². The quantitative estimate of drug-likeness (QED) is 0.852. The summed E-state index contributed by atoms with van der Waals surface area (Å²) < 4.78 is 64.1. The third kappa shape index (κ3) is 4.32. The van der Waals surface area contributed by atoms with Gasteiger partial charge < -0.3 is 0 Å². The van der Waals surface area contributed by atoms with Crippen molar-refractivity contribution in [3.8, 4) is 0 Å². The number of likely N-dealkylation sites (tertiary alicyclic amines) is 1. The number of nitrogens with zero attached hydrogens (tertiary/aromatic N) is 1. The number of halogens is 3. The van der Waals surface area contributed by atoms with E-state index < -0.39 is 28.3 Å². The predicted octanol–water partition coefficient (Wildman–Crippen LogP) is 1.34. The minimum absolute atomic E-state index is 0.0589. The summed E-state index contributed by atoms with van der Waals surface area (Å²) in [5.41, 5.74) is 0. The van der Waals surface area contributed by atoms with Gasteiger partial charge in [0.1, 0.15) is 6.04 Å². The van der Waals surface area contributed by atoms with E-state index >= 15 is 0 Å². The Hall–Kier alpha value is -0.340. The van der Waals surface area contributed by atoms with E-state index in [4.69, 9.17) is 0 Å². The SMILES string of the molecule is CN1CC(NS(=O)(=O)CC2CC2)CCC1C(F)(F)F. The predicted molar refractivity (Wildman–Crippen MR) is 65.1 cm³/mol. The van der Waals surface area contributed by atoms with Crippen LogP contribution in [0.15, 0.2) is 0 Å². The summed E-state index contributed by atoms with van der Waals surface area (Å²) in [6, 6.07) is -1.87. The molecule has 8 heteroatoms. The van der Waals surface area contributed by atoms with Crippen molar-refractivity contribution in [1.82, 2.24) is 9.62 Å². The third-order valence-electron chi connectivity index (χ3n) is 3.71. The highest BCUT2D eigenvalue weighted by molar-refractivity contribution is 7.89. The van der Waals surface area contributed by atoms with Gasteiger partial charge in [-0.2, -0.15) is 13.2 Å². The number of alkyl halides is 3. The number of hydrogen-bond acceptors (Lipinski definition) is 3. The molecule has 19 heavy (non-hydrogen) atoms. The van der Waals surface area contributed by atoms with Gasteiger partial charge in [0.15, 0.2) is 0 Å². The van der Waals surface area contributed by atoms with E-state index in [9.17, 15) is 21.6 Å². The van der Waals surface area contributed by atoms with E-state index in [1.54, 1.807) is 0 Å². The fourth-order valence-corrected chi connectivity index (χ4v) is 4.30. The van der Waals surface area contributed by atoms with Gasteiger partial charge in [-0.15, -0.1) is 0 Å². The summed E-state index contributed by atoms with van der Waals surface area (Å²) in [4.78, 5) is 1.19. The Kier molecular flexibility index (Phi) is 4.13. The standard InChI is InChI=1S/C11H19F3N2O2S/c1-16-6-9(4-5-10(16)11(12,13)14)15-19(17,18)7-8-2-3-8/h8-10,15H,2-7H2,1H3. The Balaban J connectivity index is 1.87. The summed E-state index contributed by atoms with van der Waals surface area (Å²) in [6.07, 6.45) is -2.20. The molecular weight excluding hydrogens is 281 g/mol. The summed E-state index contributed by atoms with van der Waals surface area (Å²) in [5.74, 6) is 0.345. The molecule has 2 unspecified atom stereocenters. The highest BCUT2D eigenvalue weighted by Gasteiger charge is 2.45. The largest absolute Gasteiger partial charge is 0.404 e. The highest BCUT2D eigenvalue weighted by atomic mass is 32.2. The molecule has 2 fully saturated rings. The van der Waals surface area contributed by atoms with Gasteiger partial charge in [-0.05, 0) is 38.6 Å². The van der Waals surface area contributed by atoms with Crippen molar-refractivity contribution in [2.75, 3.05) is 19.3 Å². The molecule has 1 N–H and O–H groups in total. The van der Waals surface area contributed by atoms with E-state index in [1.165, 1.54) is 11.9 Å². The van der Waals surface area contributed by atoms with Crippen LogP contribution in [-0.2, 0) is 10.0 Å². The van der Waals surface area contributed by atoms with Gasteiger partial charge in [-0.1, -0.05) is 0 Å². The van der Waals surface area contributed by atoms with Crippen LogP contribution in [-0.4, -0.2) is 50.9 Å². The maximum absolute atomic E-state index is 12.7. The molecule has 0 bridgehead atoms. The number of likely N-dealkylation sites (N-methyl/N-ethyl adjacent to an activating group) is 1. The summed E-state index contributed by atoms with van der Waals surface area (Å²) in [7, 11) is -1.96. The Morgan fingerprint density at radius 1 is 1.21 bits per heavy atom. The van der Waals surface area contributed by atoms with Crippen molar-refractivity contribution >= 4 is 10.0 Å². The molecular formula is C11H19F3N2O2S. The maximum Gasteiger partial charge on any atom is 0.404 e. The Bertz CT molecular complexity index is 420. The fraction of sp³-hybridized carbons (Fsp3) is 1.00. The molecule has 2 atom stereocenters. The van der Waals surface area contributed by atoms with Crippen LogP contribution in [0.5, 0.6) is 0 Å². The van der Waals surface area contributed by atoms with E-state index in [0.717, 1.165) is 12.8 Å². The van der Waals surface area contributed by atoms with Crippen LogP contribution >= 0.6 is 0 Å². The monoisotopic (exact) mass is 300 g/mol. The smallest absolute Gasteiger partial charge is 0.294 e. The molecule has 0 radical (unpaired) electrons. The zero-order valence-corrected chi connectivity index (χ0v) is 11.6. The average molecular weight is 300 g/mol. The average Bonchev–Trinajstić information content (AvgIpc) is 2.97. The van der Waals surface area contributed by atoms with Gasteiger partial charge in [0.05, 0.1) is 5.75 Å². The van der Waals surface area contributed by atoms with E-state index in [1.807, 2.05) is 0 Å². The zero-order chi connectivity index (χ0) is 14.3. The van der Waals surface area contributed by atoms with Crippen molar-refractivity contribution in [2.45, 2.75) is 43.9 Å². The summed E-state index contributed by atoms with van der Waals surface area (Å²) >= 11 is 0. The number of nitrogens with one attached hydrogen (secondary N) is 1. The molecule has 1 saturated heterocycles. The number of piperidine rings is 1. The molecule has 0 aromatic rings. The second kappa shape index (κ2) is 5.21. The molecule has 112 valence electrons. The summed E-state index contributed by atoms with van der Waals surface area (Å²) in [6.45, 7) is 0.105. The molecule has 1 heterocycles. The number of sulfonamides is 1. The Morgan fingerprint density at radius 3 is 2.32 bits per heavy atom. The lowest BCUT2D eigenvalue weighted by Crippen LogP contribution is -2.55. The second-order valence-corrected chi connectivity index (χ2v) is 7.41. The van der Waals surface area contributed by atoms with Gasteiger partial charge >= 0.3 is 6.18 Å². The molecule has 2 rings (SSSR count). The van der Waals surface area contributed by atoms with Crippen molar-refractivity contribution in [3.63, 3.8) is 0 Å². The van der Waals surface area contributed by atoms with Crippen molar-refractivity contribution in [3.05, 3.63) is 0 Å². The van der Waals surface area contributed by atoms with Crippen LogP contribution < -0.4 is 4.72 Å². The Morgan fingerprint density at radius 2 is 1.84 bits per heavy atom. The third-order valence-corrected chi connectivity index (χ3v) is 5.31. The van der Waals surface area contributed by atoms with Crippen molar-refractivity contribution < 1.29 is 21.6 Å². The fourth-order valence-electron chi connectivity index (χ4n) is 2.55. The van der Waals surface area contributed by atoms with Crippen LogP contribution in [0, 0.1) is 5.92 Å². The molecule has 1 aliphatic carbocycles. The van der Waals surface area contributed by atoms with E-state index in [2.05, 4.69) is 4.72 Å². The molecule has 2 aliphatic rings. The molecule has 1 saturated carbocycles. The van der Waals surface area contributed by atoms with Gasteiger partial charge in [-0.25, -0.2) is 13.1 Å². The van der Waals surface area contributed by atoms with Crippen molar-refractivity contribution in [1.29, 1.82) is 0 Å². The zero-order valence-electron chi connectivity index (χ0n) is 10.8. The molecule has 0 aromatic carbocycles. The van der Waals surface area contributed by atoms with Crippen LogP contribution in [0.1, 0.15) is 25.7 Å². The number of hydrogen-bond donors (Lipinski definition) is 1. The van der Waals surface area contributed by atoms with Crippen LogP contribution in [0.25, 0.3) is 0 Å². The topological polar surface area (TPSA) is 49.4 Å². The Labute approximate surface area is 111 Å². The van der Waals surface area contributed by atoms with Gasteiger partial charge in [-0.3, -0.25) is 4.90 Å². The molecule has 4 nitrogen and oxygen atoms in total. The lowest BCUT2D eigenvalue weighted by molar-refractivity contribution is -0.188. The highest BCUT2D eigenvalue weighted by Crippen LogP contribution is 2.32. The molecule has 0 aromatic heterocycles. The maximum atomic E-state index is 12.7. The van der Waals surface area contributed by atoms with Crippen LogP contribution in [0.2, 0.25) is 0 Å². The van der Waals surface area contributed by atoms with Gasteiger partial charge in [0, 0.05) is 12.6 Å². The minimum atomic E-state index is -4.24. The summed E-state index contributed by atoms with van der Waals surface area (Å²) in [5, 5.41) is 0. The number of rotatable bonds is 4. The van der Waals surface area contributed by atoms with E-state index in [-0.39, 0.29) is 31.1 Å². The second-order valence-electron chi connectivity index (χ2n) is 5.61. The molecule has 1 aliphatic heterocycles. The van der Waals surface area contributed by atoms with Gasteiger partial charge in [0.2, 0.25) is 10.0 Å². The van der Waals surface area contributed by atoms with Gasteiger partial charge in [0.25, 0.3) is 0 Å². The first kappa shape index (κ1) is 15.1.